The minimum atomic E-state index is -0.715. The molecule has 4 rings (SSSR count). The number of aromatic nitrogens is 2. The minimum absolute atomic E-state index is 0.116. The molecular weight excluding hydrogens is 467 g/mol. The number of nitrogens with zero attached hydrogens (tertiary/aromatic N) is 3. The Bertz CT molecular complexity index is 1420. The van der Waals surface area contributed by atoms with Crippen molar-refractivity contribution in [3.05, 3.63) is 93.9 Å². The molecule has 0 saturated heterocycles. The highest BCUT2D eigenvalue weighted by Crippen LogP contribution is 2.28. The molecule has 0 spiro atoms. The summed E-state index contributed by atoms with van der Waals surface area (Å²) in [6, 6.07) is 17.5. The molecule has 2 heterocycles. The lowest BCUT2D eigenvalue weighted by atomic mass is 10.2. The number of carbonyl (C=O) groups excluding carboxylic acids is 2. The SMILES string of the molecule is Cc1c(C#N)c(NC(=O)COC(=O)c2csc(-c3ccccc3)n2)n(Cc2ccc(F)cc2)c1C. The Balaban J connectivity index is 1.45. The van der Waals surface area contributed by atoms with Crippen molar-refractivity contribution in [3.63, 3.8) is 0 Å². The van der Waals surface area contributed by atoms with Crippen molar-refractivity contribution in [3.8, 4) is 16.6 Å². The van der Waals surface area contributed by atoms with Gasteiger partial charge in [0.05, 0.1) is 5.56 Å². The van der Waals surface area contributed by atoms with E-state index in [9.17, 15) is 19.2 Å². The Morgan fingerprint density at radius 1 is 1.14 bits per heavy atom. The maximum atomic E-state index is 13.3. The van der Waals surface area contributed by atoms with Crippen molar-refractivity contribution < 1.29 is 18.7 Å². The van der Waals surface area contributed by atoms with Crippen LogP contribution in [-0.4, -0.2) is 28.0 Å². The van der Waals surface area contributed by atoms with Gasteiger partial charge >= 0.3 is 5.97 Å². The first-order valence-corrected chi connectivity index (χ1v) is 11.6. The Labute approximate surface area is 205 Å². The molecule has 4 aromatic rings. The van der Waals surface area contributed by atoms with Crippen molar-refractivity contribution in [2.24, 2.45) is 0 Å². The molecule has 0 unspecified atom stereocenters. The lowest BCUT2D eigenvalue weighted by Gasteiger charge is -2.13. The third-order valence-electron chi connectivity index (χ3n) is 5.52. The number of rotatable bonds is 7. The van der Waals surface area contributed by atoms with Crippen LogP contribution < -0.4 is 5.32 Å². The van der Waals surface area contributed by atoms with Crippen LogP contribution >= 0.6 is 11.3 Å². The van der Waals surface area contributed by atoms with Crippen LogP contribution in [0.3, 0.4) is 0 Å². The maximum Gasteiger partial charge on any atom is 0.358 e. The summed E-state index contributed by atoms with van der Waals surface area (Å²) in [6.45, 7) is 3.41. The standard InChI is InChI=1S/C26H21FN4O3S/c1-16-17(2)31(13-18-8-10-20(27)11-9-18)24(21(16)12-28)30-23(32)14-34-26(33)22-15-35-25(29-22)19-6-4-3-5-7-19/h3-11,15H,13-14H2,1-2H3,(H,30,32). The molecule has 0 radical (unpaired) electrons. The molecule has 0 bridgehead atoms. The fourth-order valence-electron chi connectivity index (χ4n) is 3.55. The summed E-state index contributed by atoms with van der Waals surface area (Å²) in [6.07, 6.45) is 0. The second kappa shape index (κ2) is 10.3. The molecule has 2 aromatic carbocycles. The van der Waals surface area contributed by atoms with Gasteiger partial charge in [0.15, 0.2) is 12.3 Å². The number of anilines is 1. The zero-order valence-electron chi connectivity index (χ0n) is 19.0. The number of amides is 1. The van der Waals surface area contributed by atoms with Gasteiger partial charge in [-0.2, -0.15) is 5.26 Å². The van der Waals surface area contributed by atoms with Gasteiger partial charge in [-0.25, -0.2) is 14.2 Å². The molecule has 7 nitrogen and oxygen atoms in total. The third kappa shape index (κ3) is 5.28. The molecule has 1 amide bonds. The topological polar surface area (TPSA) is 97.0 Å². The molecule has 9 heteroatoms. The summed E-state index contributed by atoms with van der Waals surface area (Å²) in [5, 5.41) is 14.6. The van der Waals surface area contributed by atoms with Crippen LogP contribution in [0, 0.1) is 31.0 Å². The van der Waals surface area contributed by atoms with Gasteiger partial charge in [-0.3, -0.25) is 4.79 Å². The highest BCUT2D eigenvalue weighted by atomic mass is 32.1. The molecule has 0 aliphatic heterocycles. The first-order valence-electron chi connectivity index (χ1n) is 10.7. The van der Waals surface area contributed by atoms with Gasteiger partial charge in [-0.05, 0) is 37.1 Å². The molecule has 35 heavy (non-hydrogen) atoms. The van der Waals surface area contributed by atoms with Gasteiger partial charge in [0.2, 0.25) is 0 Å². The number of carbonyl (C=O) groups is 2. The predicted molar refractivity (Wildman–Crippen MR) is 131 cm³/mol. The first-order chi connectivity index (χ1) is 16.9. The van der Waals surface area contributed by atoms with Crippen LogP contribution in [0.15, 0.2) is 60.0 Å². The van der Waals surface area contributed by atoms with E-state index in [0.29, 0.717) is 22.9 Å². The maximum absolute atomic E-state index is 13.3. The number of halogens is 1. The van der Waals surface area contributed by atoms with Gasteiger partial charge in [0.25, 0.3) is 5.91 Å². The lowest BCUT2D eigenvalue weighted by molar-refractivity contribution is -0.119. The van der Waals surface area contributed by atoms with E-state index in [-0.39, 0.29) is 11.5 Å². The third-order valence-corrected chi connectivity index (χ3v) is 6.41. The van der Waals surface area contributed by atoms with E-state index in [0.717, 1.165) is 22.4 Å². The van der Waals surface area contributed by atoms with Crippen molar-refractivity contribution in [2.75, 3.05) is 11.9 Å². The Hall–Kier alpha value is -4.29. The molecule has 0 atom stereocenters. The predicted octanol–water partition coefficient (Wildman–Crippen LogP) is 5.08. The molecule has 0 saturated carbocycles. The number of benzene rings is 2. The van der Waals surface area contributed by atoms with Gasteiger partial charge in [0, 0.05) is 23.2 Å². The van der Waals surface area contributed by atoms with Crippen LogP contribution in [-0.2, 0) is 16.1 Å². The van der Waals surface area contributed by atoms with E-state index < -0.39 is 18.5 Å². The number of thiazole rings is 1. The fourth-order valence-corrected chi connectivity index (χ4v) is 4.35. The Morgan fingerprint density at radius 2 is 1.86 bits per heavy atom. The Kier molecular flexibility index (Phi) is 7.03. The molecule has 0 fully saturated rings. The van der Waals surface area contributed by atoms with Crippen molar-refractivity contribution in [1.29, 1.82) is 5.26 Å². The van der Waals surface area contributed by atoms with Crippen molar-refractivity contribution in [2.45, 2.75) is 20.4 Å². The fraction of sp³-hybridized carbons (Fsp3) is 0.154. The highest BCUT2D eigenvalue weighted by Gasteiger charge is 2.21. The normalized spacial score (nSPS) is 10.6. The van der Waals surface area contributed by atoms with E-state index in [4.69, 9.17) is 4.74 Å². The molecule has 0 aliphatic carbocycles. The van der Waals surface area contributed by atoms with E-state index in [1.165, 1.54) is 23.5 Å². The summed E-state index contributed by atoms with van der Waals surface area (Å²) < 4.78 is 20.2. The zero-order chi connectivity index (χ0) is 24.9. The van der Waals surface area contributed by atoms with E-state index >= 15 is 0 Å². The van der Waals surface area contributed by atoms with E-state index in [2.05, 4.69) is 16.4 Å². The average Bonchev–Trinajstić information content (AvgIpc) is 3.44. The number of hydrogen-bond donors (Lipinski definition) is 1. The smallest absolute Gasteiger partial charge is 0.358 e. The number of esters is 1. The van der Waals surface area contributed by atoms with Gasteiger partial charge in [0.1, 0.15) is 22.7 Å². The van der Waals surface area contributed by atoms with Gasteiger partial charge in [-0.15, -0.1) is 11.3 Å². The monoisotopic (exact) mass is 488 g/mol. The van der Waals surface area contributed by atoms with Crippen LogP contribution in [0.1, 0.15) is 32.9 Å². The van der Waals surface area contributed by atoms with E-state index in [1.807, 2.05) is 37.3 Å². The minimum Gasteiger partial charge on any atom is -0.451 e. The first kappa shape index (κ1) is 23.9. The number of hydrogen-bond acceptors (Lipinski definition) is 6. The highest BCUT2D eigenvalue weighted by molar-refractivity contribution is 7.13. The number of ether oxygens (including phenoxy) is 1. The van der Waals surface area contributed by atoms with Crippen LogP contribution in [0.4, 0.5) is 10.2 Å². The number of nitriles is 1. The summed E-state index contributed by atoms with van der Waals surface area (Å²) in [5.74, 6) is -1.36. The molecule has 1 N–H and O–H groups in total. The second-order valence-corrected chi connectivity index (χ2v) is 8.64. The second-order valence-electron chi connectivity index (χ2n) is 7.79. The zero-order valence-corrected chi connectivity index (χ0v) is 19.9. The quantitative estimate of drug-likeness (QED) is 0.366. The van der Waals surface area contributed by atoms with E-state index in [1.54, 1.807) is 29.0 Å². The van der Waals surface area contributed by atoms with Gasteiger partial charge in [-0.1, -0.05) is 42.5 Å². The summed E-state index contributed by atoms with van der Waals surface area (Å²) in [5.41, 5.74) is 3.62. The van der Waals surface area contributed by atoms with Crippen LogP contribution in [0.5, 0.6) is 0 Å². The summed E-state index contributed by atoms with van der Waals surface area (Å²) in [7, 11) is 0. The average molecular weight is 489 g/mol. The van der Waals surface area contributed by atoms with Gasteiger partial charge < -0.3 is 14.6 Å². The van der Waals surface area contributed by atoms with Crippen LogP contribution in [0.25, 0.3) is 10.6 Å². The lowest BCUT2D eigenvalue weighted by Crippen LogP contribution is -2.23. The van der Waals surface area contributed by atoms with Crippen molar-refractivity contribution >= 4 is 29.0 Å². The molecule has 2 aromatic heterocycles. The summed E-state index contributed by atoms with van der Waals surface area (Å²) in [4.78, 5) is 29.3. The summed E-state index contributed by atoms with van der Waals surface area (Å²) >= 11 is 1.31. The molecule has 0 aliphatic rings. The van der Waals surface area contributed by atoms with Crippen molar-refractivity contribution in [1.82, 2.24) is 9.55 Å². The molecular formula is C26H21FN4O3S. The number of nitrogens with one attached hydrogen (secondary N) is 1. The molecule has 176 valence electrons. The Morgan fingerprint density at radius 3 is 2.54 bits per heavy atom. The van der Waals surface area contributed by atoms with Crippen LogP contribution in [0.2, 0.25) is 0 Å². The largest absolute Gasteiger partial charge is 0.451 e.